The van der Waals surface area contributed by atoms with Crippen LogP contribution in [0.15, 0.2) is 24.3 Å². The van der Waals surface area contributed by atoms with Gasteiger partial charge in [-0.05, 0) is 43.9 Å². The van der Waals surface area contributed by atoms with Gasteiger partial charge in [0.05, 0.1) is 12.1 Å². The molecule has 1 aromatic carbocycles. The zero-order valence-corrected chi connectivity index (χ0v) is 11.8. The molecule has 2 atom stereocenters. The standard InChI is InChI=1S/C16H23NO2/c1-3-5-13-7-9-14(10-8-13)16(18)17-12(2)15-6-4-11-19-15/h7-10,12,15H,3-6,11H2,1-2H3,(H,17,18)/t12-,15-/m0/s1. The van der Waals surface area contributed by atoms with Gasteiger partial charge < -0.3 is 10.1 Å². The van der Waals surface area contributed by atoms with Crippen molar-refractivity contribution in [1.82, 2.24) is 5.32 Å². The molecule has 0 saturated carbocycles. The lowest BCUT2D eigenvalue weighted by Crippen LogP contribution is -2.40. The van der Waals surface area contributed by atoms with Crippen LogP contribution in [0.3, 0.4) is 0 Å². The summed E-state index contributed by atoms with van der Waals surface area (Å²) >= 11 is 0. The van der Waals surface area contributed by atoms with E-state index >= 15 is 0 Å². The van der Waals surface area contributed by atoms with Gasteiger partial charge in [-0.3, -0.25) is 4.79 Å². The highest BCUT2D eigenvalue weighted by Crippen LogP contribution is 2.16. The Morgan fingerprint density at radius 3 is 2.74 bits per heavy atom. The van der Waals surface area contributed by atoms with Crippen LogP contribution in [-0.2, 0) is 11.2 Å². The maximum atomic E-state index is 12.1. The van der Waals surface area contributed by atoms with E-state index in [1.165, 1.54) is 5.56 Å². The predicted molar refractivity (Wildman–Crippen MR) is 76.3 cm³/mol. The smallest absolute Gasteiger partial charge is 0.251 e. The molecule has 1 amide bonds. The summed E-state index contributed by atoms with van der Waals surface area (Å²) in [5.41, 5.74) is 2.01. The summed E-state index contributed by atoms with van der Waals surface area (Å²) in [5, 5.41) is 3.03. The Morgan fingerprint density at radius 2 is 2.16 bits per heavy atom. The lowest BCUT2D eigenvalue weighted by atomic mass is 10.1. The lowest BCUT2D eigenvalue weighted by molar-refractivity contribution is 0.0712. The number of nitrogens with one attached hydrogen (secondary N) is 1. The monoisotopic (exact) mass is 261 g/mol. The molecule has 0 aliphatic carbocycles. The minimum absolute atomic E-state index is 0.00829. The first kappa shape index (κ1) is 14.1. The minimum Gasteiger partial charge on any atom is -0.376 e. The third kappa shape index (κ3) is 3.80. The van der Waals surface area contributed by atoms with E-state index in [2.05, 4.69) is 12.2 Å². The van der Waals surface area contributed by atoms with Gasteiger partial charge in [0.25, 0.3) is 5.91 Å². The molecule has 1 aliphatic heterocycles. The van der Waals surface area contributed by atoms with Crippen molar-refractivity contribution in [1.29, 1.82) is 0 Å². The van der Waals surface area contributed by atoms with Crippen LogP contribution in [0.2, 0.25) is 0 Å². The molecule has 19 heavy (non-hydrogen) atoms. The summed E-state index contributed by atoms with van der Waals surface area (Å²) in [5.74, 6) is -0.00829. The van der Waals surface area contributed by atoms with Crippen LogP contribution in [0.4, 0.5) is 0 Å². The molecule has 1 saturated heterocycles. The van der Waals surface area contributed by atoms with Gasteiger partial charge in [-0.25, -0.2) is 0 Å². The molecule has 1 aromatic rings. The molecule has 104 valence electrons. The molecule has 1 aliphatic rings. The highest BCUT2D eigenvalue weighted by atomic mass is 16.5. The fourth-order valence-corrected chi connectivity index (χ4v) is 2.49. The third-order valence-corrected chi connectivity index (χ3v) is 3.64. The molecular weight excluding hydrogens is 238 g/mol. The van der Waals surface area contributed by atoms with Crippen molar-refractivity contribution >= 4 is 5.91 Å². The number of ether oxygens (including phenoxy) is 1. The second-order valence-corrected chi connectivity index (χ2v) is 5.26. The summed E-state index contributed by atoms with van der Waals surface area (Å²) in [4.78, 5) is 12.1. The first-order chi connectivity index (χ1) is 9.20. The van der Waals surface area contributed by atoms with Crippen LogP contribution < -0.4 is 5.32 Å². The van der Waals surface area contributed by atoms with Crippen LogP contribution in [0.1, 0.15) is 49.0 Å². The van der Waals surface area contributed by atoms with Gasteiger partial charge in [-0.2, -0.15) is 0 Å². The summed E-state index contributed by atoms with van der Waals surface area (Å²) in [7, 11) is 0. The van der Waals surface area contributed by atoms with Crippen molar-refractivity contribution in [2.75, 3.05) is 6.61 Å². The van der Waals surface area contributed by atoms with E-state index in [1.807, 2.05) is 31.2 Å². The molecular formula is C16H23NO2. The van der Waals surface area contributed by atoms with Crippen molar-refractivity contribution in [3.63, 3.8) is 0 Å². The average molecular weight is 261 g/mol. The second-order valence-electron chi connectivity index (χ2n) is 5.26. The highest BCUT2D eigenvalue weighted by Gasteiger charge is 2.23. The van der Waals surface area contributed by atoms with Gasteiger partial charge in [0, 0.05) is 12.2 Å². The van der Waals surface area contributed by atoms with Crippen LogP contribution in [-0.4, -0.2) is 24.7 Å². The molecule has 3 nitrogen and oxygen atoms in total. The van der Waals surface area contributed by atoms with Crippen LogP contribution in [0.25, 0.3) is 0 Å². The van der Waals surface area contributed by atoms with E-state index in [0.717, 1.165) is 37.9 Å². The summed E-state index contributed by atoms with van der Waals surface area (Å²) in [6.07, 6.45) is 4.49. The number of aryl methyl sites for hydroxylation is 1. The van der Waals surface area contributed by atoms with Crippen LogP contribution >= 0.6 is 0 Å². The Morgan fingerprint density at radius 1 is 1.42 bits per heavy atom. The topological polar surface area (TPSA) is 38.3 Å². The summed E-state index contributed by atoms with van der Waals surface area (Å²) < 4.78 is 5.59. The van der Waals surface area contributed by atoms with Gasteiger partial charge >= 0.3 is 0 Å². The number of amides is 1. The zero-order chi connectivity index (χ0) is 13.7. The van der Waals surface area contributed by atoms with Crippen molar-refractivity contribution in [3.05, 3.63) is 35.4 Å². The molecule has 1 fully saturated rings. The van der Waals surface area contributed by atoms with E-state index in [9.17, 15) is 4.79 Å². The van der Waals surface area contributed by atoms with Gasteiger partial charge in [-0.1, -0.05) is 25.5 Å². The summed E-state index contributed by atoms with van der Waals surface area (Å²) in [6, 6.07) is 7.96. The number of benzene rings is 1. The van der Waals surface area contributed by atoms with Crippen molar-refractivity contribution in [2.24, 2.45) is 0 Å². The van der Waals surface area contributed by atoms with Gasteiger partial charge in [0.2, 0.25) is 0 Å². The third-order valence-electron chi connectivity index (χ3n) is 3.64. The molecule has 0 spiro atoms. The molecule has 0 radical (unpaired) electrons. The molecule has 2 rings (SSSR count). The molecule has 1 N–H and O–H groups in total. The highest BCUT2D eigenvalue weighted by molar-refractivity contribution is 5.94. The Hall–Kier alpha value is -1.35. The average Bonchev–Trinajstić information content (AvgIpc) is 2.94. The van der Waals surface area contributed by atoms with Gasteiger partial charge in [-0.15, -0.1) is 0 Å². The van der Waals surface area contributed by atoms with E-state index in [0.29, 0.717) is 0 Å². The molecule has 0 bridgehead atoms. The fraction of sp³-hybridized carbons (Fsp3) is 0.562. The number of rotatable bonds is 5. The SMILES string of the molecule is CCCc1ccc(C(=O)N[C@@H](C)[C@@H]2CCCO2)cc1. The first-order valence-corrected chi connectivity index (χ1v) is 7.22. The Bertz CT molecular complexity index is 407. The van der Waals surface area contributed by atoms with Crippen molar-refractivity contribution in [3.8, 4) is 0 Å². The van der Waals surface area contributed by atoms with E-state index < -0.39 is 0 Å². The number of carbonyl (C=O) groups is 1. The van der Waals surface area contributed by atoms with E-state index in [4.69, 9.17) is 4.74 Å². The molecule has 3 heteroatoms. The maximum absolute atomic E-state index is 12.1. The molecule has 1 heterocycles. The van der Waals surface area contributed by atoms with Gasteiger partial charge in [0.1, 0.15) is 0 Å². The lowest BCUT2D eigenvalue weighted by Gasteiger charge is -2.20. The zero-order valence-electron chi connectivity index (χ0n) is 11.8. The Kier molecular flexibility index (Phi) is 4.97. The number of hydrogen-bond donors (Lipinski definition) is 1. The molecule has 0 aromatic heterocycles. The first-order valence-electron chi connectivity index (χ1n) is 7.22. The van der Waals surface area contributed by atoms with E-state index in [-0.39, 0.29) is 18.1 Å². The Labute approximate surface area is 115 Å². The number of carbonyl (C=O) groups excluding carboxylic acids is 1. The van der Waals surface area contributed by atoms with Crippen molar-refractivity contribution in [2.45, 2.75) is 51.7 Å². The van der Waals surface area contributed by atoms with Gasteiger partial charge in [0.15, 0.2) is 0 Å². The van der Waals surface area contributed by atoms with Crippen LogP contribution in [0, 0.1) is 0 Å². The maximum Gasteiger partial charge on any atom is 0.251 e. The van der Waals surface area contributed by atoms with Crippen molar-refractivity contribution < 1.29 is 9.53 Å². The van der Waals surface area contributed by atoms with E-state index in [1.54, 1.807) is 0 Å². The molecule has 0 unspecified atom stereocenters. The fourth-order valence-electron chi connectivity index (χ4n) is 2.49. The second kappa shape index (κ2) is 6.71. The summed E-state index contributed by atoms with van der Waals surface area (Å²) in [6.45, 7) is 4.99. The normalized spacial score (nSPS) is 20.2. The predicted octanol–water partition coefficient (Wildman–Crippen LogP) is 2.94. The number of hydrogen-bond acceptors (Lipinski definition) is 2. The Balaban J connectivity index is 1.91. The van der Waals surface area contributed by atoms with Crippen LogP contribution in [0.5, 0.6) is 0 Å². The largest absolute Gasteiger partial charge is 0.376 e. The minimum atomic E-state index is -0.00829. The quantitative estimate of drug-likeness (QED) is 0.885.